The molecule has 3 N–H and O–H groups in total. The van der Waals surface area contributed by atoms with E-state index in [1.54, 1.807) is 30.3 Å². The van der Waals surface area contributed by atoms with Crippen LogP contribution < -0.4 is 11.2 Å². The smallest absolute Gasteiger partial charge is 0.194 e. The predicted molar refractivity (Wildman–Crippen MR) is 64.9 cm³/mol. The number of hydrogen-bond acceptors (Lipinski definition) is 4. The maximum atomic E-state index is 8.62. The monoisotopic (exact) mass is 238 g/mol. The molecule has 1 rings (SSSR count). The van der Waals surface area contributed by atoms with Crippen molar-refractivity contribution in [3.8, 4) is 6.07 Å². The molecule has 0 amide bonds. The zero-order valence-corrected chi connectivity index (χ0v) is 9.14. The van der Waals surface area contributed by atoms with Gasteiger partial charge in [0.1, 0.15) is 11.1 Å². The second kappa shape index (κ2) is 5.29. The van der Waals surface area contributed by atoms with E-state index in [2.05, 4.69) is 22.7 Å². The Morgan fingerprint density at radius 2 is 2.20 bits per heavy atom. The molecule has 0 aromatic heterocycles. The van der Waals surface area contributed by atoms with E-state index in [4.69, 9.17) is 22.6 Å². The highest BCUT2D eigenvalue weighted by molar-refractivity contribution is 7.82. The lowest BCUT2D eigenvalue weighted by Gasteiger charge is -2.02. The number of para-hydroxylation sites is 1. The Labute approximate surface area is 97.3 Å². The van der Waals surface area contributed by atoms with Gasteiger partial charge in [0.15, 0.2) is 5.71 Å². The molecule has 15 heavy (non-hydrogen) atoms. The van der Waals surface area contributed by atoms with Gasteiger partial charge in [0.2, 0.25) is 0 Å². The van der Waals surface area contributed by atoms with E-state index in [1.165, 1.54) is 0 Å². The van der Waals surface area contributed by atoms with Crippen molar-refractivity contribution in [1.29, 1.82) is 5.26 Å². The third-order valence-corrected chi connectivity index (χ3v) is 2.02. The maximum absolute atomic E-state index is 8.62. The summed E-state index contributed by atoms with van der Waals surface area (Å²) in [5.41, 5.74) is 8.42. The van der Waals surface area contributed by atoms with Gasteiger partial charge in [0.25, 0.3) is 0 Å². The molecular formula is C9H7ClN4S. The highest BCUT2D eigenvalue weighted by Crippen LogP contribution is 2.20. The van der Waals surface area contributed by atoms with Gasteiger partial charge in [0.05, 0.1) is 10.7 Å². The van der Waals surface area contributed by atoms with Gasteiger partial charge in [-0.05, 0) is 12.1 Å². The molecule has 76 valence electrons. The number of benzene rings is 1. The van der Waals surface area contributed by atoms with Gasteiger partial charge in [-0.15, -0.1) is 0 Å². The molecule has 0 unspecified atom stereocenters. The first kappa shape index (κ1) is 11.4. The highest BCUT2D eigenvalue weighted by atomic mass is 35.5. The van der Waals surface area contributed by atoms with Crippen molar-refractivity contribution < 1.29 is 0 Å². The fraction of sp³-hybridized carbons (Fsp3) is 0. The average molecular weight is 239 g/mol. The van der Waals surface area contributed by atoms with Gasteiger partial charge in [-0.2, -0.15) is 10.4 Å². The number of thiocarbonyl (C=S) groups is 1. The molecule has 6 heteroatoms. The third-order valence-electron chi connectivity index (χ3n) is 1.50. The van der Waals surface area contributed by atoms with Gasteiger partial charge in [-0.3, -0.25) is 5.43 Å². The first-order valence-electron chi connectivity index (χ1n) is 3.93. The molecule has 0 atom stereocenters. The average Bonchev–Trinajstić information content (AvgIpc) is 2.21. The number of rotatable bonds is 3. The molecule has 0 heterocycles. The van der Waals surface area contributed by atoms with E-state index < -0.39 is 0 Å². The number of nitrogens with two attached hydrogens (primary N) is 1. The molecule has 4 nitrogen and oxygen atoms in total. The predicted octanol–water partition coefficient (Wildman–Crippen LogP) is 1.92. The van der Waals surface area contributed by atoms with Crippen molar-refractivity contribution in [2.75, 3.05) is 5.43 Å². The van der Waals surface area contributed by atoms with E-state index >= 15 is 0 Å². The minimum Gasteiger partial charge on any atom is -0.387 e. The lowest BCUT2D eigenvalue weighted by atomic mass is 10.3. The van der Waals surface area contributed by atoms with Crippen molar-refractivity contribution in [2.24, 2.45) is 10.8 Å². The molecule has 0 fully saturated rings. The topological polar surface area (TPSA) is 74.2 Å². The van der Waals surface area contributed by atoms with Crippen molar-refractivity contribution in [1.82, 2.24) is 0 Å². The molecule has 1 aromatic carbocycles. The summed E-state index contributed by atoms with van der Waals surface area (Å²) in [7, 11) is 0. The summed E-state index contributed by atoms with van der Waals surface area (Å²) in [5, 5.41) is 12.9. The van der Waals surface area contributed by atoms with Gasteiger partial charge in [-0.25, -0.2) is 0 Å². The van der Waals surface area contributed by atoms with Crippen LogP contribution in [-0.4, -0.2) is 10.7 Å². The lowest BCUT2D eigenvalue weighted by Crippen LogP contribution is -2.20. The van der Waals surface area contributed by atoms with E-state index in [0.29, 0.717) is 10.7 Å². The zero-order valence-electron chi connectivity index (χ0n) is 7.57. The van der Waals surface area contributed by atoms with Gasteiger partial charge in [-0.1, -0.05) is 36.0 Å². The Kier molecular flexibility index (Phi) is 4.03. The van der Waals surface area contributed by atoms with Crippen LogP contribution in [0.4, 0.5) is 5.69 Å². The number of hydrazone groups is 1. The number of anilines is 1. The summed E-state index contributed by atoms with van der Waals surface area (Å²) in [6.45, 7) is 0. The Balaban J connectivity index is 2.85. The van der Waals surface area contributed by atoms with Crippen molar-refractivity contribution in [3.63, 3.8) is 0 Å². The quantitative estimate of drug-likeness (QED) is 0.479. The molecule has 0 radical (unpaired) electrons. The van der Waals surface area contributed by atoms with Gasteiger partial charge in [0, 0.05) is 0 Å². The number of hydrogen-bond donors (Lipinski definition) is 2. The number of nitrogens with zero attached hydrogens (tertiary/aromatic N) is 2. The summed E-state index contributed by atoms with van der Waals surface area (Å²) in [5.74, 6) is 0. The molecule has 0 saturated heterocycles. The molecule has 0 bridgehead atoms. The van der Waals surface area contributed by atoms with Crippen molar-refractivity contribution in [3.05, 3.63) is 29.3 Å². The number of halogens is 1. The minimum absolute atomic E-state index is 0.0371. The van der Waals surface area contributed by atoms with Crippen LogP contribution in [0.15, 0.2) is 29.4 Å². The van der Waals surface area contributed by atoms with Crippen molar-refractivity contribution >= 4 is 40.2 Å². The fourth-order valence-electron chi connectivity index (χ4n) is 0.803. The van der Waals surface area contributed by atoms with Crippen LogP contribution in [0.5, 0.6) is 0 Å². The normalized spacial score (nSPS) is 10.5. The molecule has 0 aliphatic rings. The van der Waals surface area contributed by atoms with E-state index in [0.717, 1.165) is 0 Å². The Morgan fingerprint density at radius 3 is 2.73 bits per heavy atom. The largest absolute Gasteiger partial charge is 0.387 e. The molecule has 0 saturated carbocycles. The van der Waals surface area contributed by atoms with Crippen LogP contribution in [0.2, 0.25) is 5.02 Å². The summed E-state index contributed by atoms with van der Waals surface area (Å²) >= 11 is 10.5. The van der Waals surface area contributed by atoms with Crippen LogP contribution in [0, 0.1) is 11.3 Å². The Bertz CT molecular complexity index is 450. The zero-order chi connectivity index (χ0) is 11.3. The van der Waals surface area contributed by atoms with Crippen LogP contribution in [0.3, 0.4) is 0 Å². The molecule has 0 aliphatic heterocycles. The number of nitrogens with one attached hydrogen (secondary N) is 1. The SMILES string of the molecule is N#C/C(=N\Nc1ccccc1Cl)C(N)=S. The van der Waals surface area contributed by atoms with Crippen LogP contribution in [-0.2, 0) is 0 Å². The highest BCUT2D eigenvalue weighted by Gasteiger charge is 2.01. The van der Waals surface area contributed by atoms with Crippen molar-refractivity contribution in [2.45, 2.75) is 0 Å². The van der Waals surface area contributed by atoms with E-state index in [9.17, 15) is 0 Å². The van der Waals surface area contributed by atoms with Crippen LogP contribution >= 0.6 is 23.8 Å². The van der Waals surface area contributed by atoms with Gasteiger partial charge >= 0.3 is 0 Å². The molecule has 1 aromatic rings. The molecule has 0 aliphatic carbocycles. The second-order valence-corrected chi connectivity index (χ2v) is 3.38. The minimum atomic E-state index is -0.0583. The van der Waals surface area contributed by atoms with E-state index in [-0.39, 0.29) is 10.7 Å². The second-order valence-electron chi connectivity index (χ2n) is 2.53. The number of nitriles is 1. The summed E-state index contributed by atoms with van der Waals surface area (Å²) in [4.78, 5) is -0.0583. The molecular weight excluding hydrogens is 232 g/mol. The first-order valence-corrected chi connectivity index (χ1v) is 4.72. The first-order chi connectivity index (χ1) is 7.15. The summed E-state index contributed by atoms with van der Waals surface area (Å²) in [6, 6.07) is 8.77. The molecule has 0 spiro atoms. The third kappa shape index (κ3) is 3.20. The maximum Gasteiger partial charge on any atom is 0.194 e. The fourth-order valence-corrected chi connectivity index (χ4v) is 1.07. The Morgan fingerprint density at radius 1 is 1.53 bits per heavy atom. The lowest BCUT2D eigenvalue weighted by molar-refractivity contribution is 1.34. The summed E-state index contributed by atoms with van der Waals surface area (Å²) in [6.07, 6.45) is 0. The van der Waals surface area contributed by atoms with Crippen LogP contribution in [0.25, 0.3) is 0 Å². The van der Waals surface area contributed by atoms with Crippen LogP contribution in [0.1, 0.15) is 0 Å². The van der Waals surface area contributed by atoms with E-state index in [1.807, 2.05) is 0 Å². The Hall–Kier alpha value is -1.64. The standard InChI is InChI=1S/C9H7ClN4S/c10-6-3-1-2-4-7(6)13-14-8(5-11)9(12)15/h1-4,13H,(H2,12,15)/b14-8+. The summed E-state index contributed by atoms with van der Waals surface area (Å²) < 4.78 is 0. The van der Waals surface area contributed by atoms with Gasteiger partial charge < -0.3 is 5.73 Å².